The first-order valence-electron chi connectivity index (χ1n) is 9.23. The second-order valence-corrected chi connectivity index (χ2v) is 8.08. The van der Waals surface area contributed by atoms with E-state index in [4.69, 9.17) is 14.5 Å². The van der Waals surface area contributed by atoms with Gasteiger partial charge in [0.1, 0.15) is 6.61 Å². The van der Waals surface area contributed by atoms with E-state index >= 15 is 0 Å². The molecule has 6 nitrogen and oxygen atoms in total. The predicted octanol–water partition coefficient (Wildman–Crippen LogP) is 3.76. The number of benzene rings is 2. The molecule has 2 aromatic carbocycles. The number of anilines is 1. The standard InChI is InChI=1S/C21H23N3O3S.ClH/c1-14-7-6-10-18-19(14)22-21(28-18)24(12-11-23(2)3)20(25)17-13-26-15-8-4-5-9-16(15)27-17;/h4-10,17H,11-13H2,1-3H3;1H. The lowest BCUT2D eigenvalue weighted by Gasteiger charge is -2.30. The summed E-state index contributed by atoms with van der Waals surface area (Å²) >= 11 is 1.53. The molecular formula is C21H24ClN3O3S. The van der Waals surface area contributed by atoms with Crippen LogP contribution >= 0.6 is 23.7 Å². The molecule has 0 saturated heterocycles. The Labute approximate surface area is 180 Å². The third-order valence-electron chi connectivity index (χ3n) is 4.66. The van der Waals surface area contributed by atoms with Crippen molar-refractivity contribution in [2.24, 2.45) is 0 Å². The molecule has 1 amide bonds. The van der Waals surface area contributed by atoms with Gasteiger partial charge in [0, 0.05) is 13.1 Å². The Morgan fingerprint density at radius 1 is 1.14 bits per heavy atom. The number of carbonyl (C=O) groups is 1. The summed E-state index contributed by atoms with van der Waals surface area (Å²) in [5.74, 6) is 1.13. The molecule has 2 heterocycles. The van der Waals surface area contributed by atoms with Crippen LogP contribution in [0.25, 0.3) is 10.2 Å². The lowest BCUT2D eigenvalue weighted by molar-refractivity contribution is -0.127. The molecule has 0 bridgehead atoms. The van der Waals surface area contributed by atoms with Gasteiger partial charge in [-0.05, 0) is 44.8 Å². The zero-order valence-corrected chi connectivity index (χ0v) is 18.3. The van der Waals surface area contributed by atoms with Crippen LogP contribution < -0.4 is 14.4 Å². The van der Waals surface area contributed by atoms with Gasteiger partial charge in [-0.1, -0.05) is 35.6 Å². The van der Waals surface area contributed by atoms with Crippen LogP contribution in [0.5, 0.6) is 11.5 Å². The van der Waals surface area contributed by atoms with Crippen LogP contribution in [0.4, 0.5) is 5.13 Å². The molecule has 0 radical (unpaired) electrons. The van der Waals surface area contributed by atoms with Gasteiger partial charge in [0.05, 0.1) is 10.2 Å². The highest BCUT2D eigenvalue weighted by molar-refractivity contribution is 7.22. The number of thiazole rings is 1. The number of ether oxygens (including phenoxy) is 2. The van der Waals surface area contributed by atoms with E-state index < -0.39 is 6.10 Å². The van der Waals surface area contributed by atoms with Gasteiger partial charge in [0.2, 0.25) is 6.10 Å². The summed E-state index contributed by atoms with van der Waals surface area (Å²) in [5, 5.41) is 0.693. The third-order valence-corrected chi connectivity index (χ3v) is 5.70. The molecule has 0 saturated carbocycles. The van der Waals surface area contributed by atoms with Crippen molar-refractivity contribution in [3.8, 4) is 11.5 Å². The Bertz CT molecular complexity index is 1010. The molecule has 154 valence electrons. The SMILES string of the molecule is Cc1cccc2sc(N(CCN(C)C)C(=O)C3COc4ccccc4O3)nc12.Cl. The summed E-state index contributed by atoms with van der Waals surface area (Å²) in [4.78, 5) is 21.9. The third kappa shape index (κ3) is 4.47. The van der Waals surface area contributed by atoms with Crippen molar-refractivity contribution in [3.63, 3.8) is 0 Å². The summed E-state index contributed by atoms with van der Waals surface area (Å²) in [6, 6.07) is 13.5. The van der Waals surface area contributed by atoms with Crippen molar-refractivity contribution < 1.29 is 14.3 Å². The summed E-state index contributed by atoms with van der Waals surface area (Å²) < 4.78 is 12.8. The fraction of sp³-hybridized carbons (Fsp3) is 0.333. The normalized spacial score (nSPS) is 15.2. The van der Waals surface area contributed by atoms with Crippen LogP contribution in [0.3, 0.4) is 0 Å². The van der Waals surface area contributed by atoms with Crippen molar-refractivity contribution in [1.82, 2.24) is 9.88 Å². The van der Waals surface area contributed by atoms with Gasteiger partial charge in [-0.25, -0.2) is 4.98 Å². The van der Waals surface area contributed by atoms with Crippen LogP contribution in [0.1, 0.15) is 5.56 Å². The maximum atomic E-state index is 13.4. The number of aryl methyl sites for hydroxylation is 1. The number of halogens is 1. The number of hydrogen-bond donors (Lipinski definition) is 0. The largest absolute Gasteiger partial charge is 0.485 e. The maximum Gasteiger partial charge on any atom is 0.273 e. The molecule has 1 aliphatic rings. The van der Waals surface area contributed by atoms with E-state index in [1.807, 2.05) is 68.4 Å². The number of para-hydroxylation sites is 3. The summed E-state index contributed by atoms with van der Waals surface area (Å²) in [7, 11) is 3.98. The zero-order chi connectivity index (χ0) is 19.7. The smallest absolute Gasteiger partial charge is 0.273 e. The molecule has 1 atom stereocenters. The number of carbonyl (C=O) groups excluding carboxylic acids is 1. The second kappa shape index (κ2) is 8.98. The first-order chi connectivity index (χ1) is 13.5. The molecule has 3 aromatic rings. The lowest BCUT2D eigenvalue weighted by atomic mass is 10.2. The quantitative estimate of drug-likeness (QED) is 0.613. The molecule has 0 spiro atoms. The monoisotopic (exact) mass is 433 g/mol. The number of rotatable bonds is 5. The number of amides is 1. The molecule has 1 unspecified atom stereocenters. The minimum Gasteiger partial charge on any atom is -0.485 e. The number of likely N-dealkylation sites (N-methyl/N-ethyl adjacent to an activating group) is 1. The van der Waals surface area contributed by atoms with Gasteiger partial charge in [-0.15, -0.1) is 12.4 Å². The van der Waals surface area contributed by atoms with E-state index in [-0.39, 0.29) is 24.9 Å². The van der Waals surface area contributed by atoms with Crippen molar-refractivity contribution in [1.29, 1.82) is 0 Å². The first-order valence-corrected chi connectivity index (χ1v) is 10.1. The molecule has 29 heavy (non-hydrogen) atoms. The zero-order valence-electron chi connectivity index (χ0n) is 16.6. The molecule has 0 fully saturated rings. The van der Waals surface area contributed by atoms with E-state index in [1.165, 1.54) is 11.3 Å². The number of nitrogens with zero attached hydrogens (tertiary/aromatic N) is 3. The maximum absolute atomic E-state index is 13.4. The minimum atomic E-state index is -0.690. The molecular weight excluding hydrogens is 410 g/mol. The molecule has 0 N–H and O–H groups in total. The van der Waals surface area contributed by atoms with Crippen molar-refractivity contribution >= 4 is 45.0 Å². The molecule has 1 aliphatic heterocycles. The van der Waals surface area contributed by atoms with E-state index in [0.717, 1.165) is 22.3 Å². The van der Waals surface area contributed by atoms with Gasteiger partial charge in [0.15, 0.2) is 16.6 Å². The second-order valence-electron chi connectivity index (χ2n) is 7.08. The van der Waals surface area contributed by atoms with Crippen LogP contribution in [0.2, 0.25) is 0 Å². The number of hydrogen-bond acceptors (Lipinski definition) is 6. The Morgan fingerprint density at radius 2 is 1.90 bits per heavy atom. The van der Waals surface area contributed by atoms with Crippen molar-refractivity contribution in [2.45, 2.75) is 13.0 Å². The van der Waals surface area contributed by atoms with Crippen molar-refractivity contribution in [2.75, 3.05) is 38.7 Å². The highest BCUT2D eigenvalue weighted by atomic mass is 35.5. The minimum absolute atomic E-state index is 0. The summed E-state index contributed by atoms with van der Waals surface area (Å²) in [6.07, 6.45) is -0.690. The van der Waals surface area contributed by atoms with Gasteiger partial charge < -0.3 is 14.4 Å². The first kappa shape index (κ1) is 21.4. The average molecular weight is 434 g/mol. The van der Waals surface area contributed by atoms with Gasteiger partial charge in [0.25, 0.3) is 5.91 Å². The summed E-state index contributed by atoms with van der Waals surface area (Å²) in [6.45, 7) is 3.49. The van der Waals surface area contributed by atoms with Crippen LogP contribution in [-0.2, 0) is 4.79 Å². The highest BCUT2D eigenvalue weighted by Gasteiger charge is 2.33. The van der Waals surface area contributed by atoms with Gasteiger partial charge in [-0.3, -0.25) is 9.69 Å². The Morgan fingerprint density at radius 3 is 2.62 bits per heavy atom. The predicted molar refractivity (Wildman–Crippen MR) is 119 cm³/mol. The number of fused-ring (bicyclic) bond motifs is 2. The molecule has 1 aromatic heterocycles. The Hall–Kier alpha value is -2.35. The molecule has 8 heteroatoms. The van der Waals surface area contributed by atoms with E-state index in [0.29, 0.717) is 23.2 Å². The van der Waals surface area contributed by atoms with Gasteiger partial charge in [-0.2, -0.15) is 0 Å². The average Bonchev–Trinajstić information content (AvgIpc) is 3.12. The van der Waals surface area contributed by atoms with E-state index in [2.05, 4.69) is 0 Å². The van der Waals surface area contributed by atoms with Crippen LogP contribution in [-0.4, -0.2) is 55.7 Å². The molecule has 0 aliphatic carbocycles. The van der Waals surface area contributed by atoms with E-state index in [1.54, 1.807) is 4.90 Å². The van der Waals surface area contributed by atoms with Crippen LogP contribution in [0.15, 0.2) is 42.5 Å². The van der Waals surface area contributed by atoms with E-state index in [9.17, 15) is 4.79 Å². The van der Waals surface area contributed by atoms with Gasteiger partial charge >= 0.3 is 0 Å². The summed E-state index contributed by atoms with van der Waals surface area (Å²) in [5.41, 5.74) is 2.04. The topological polar surface area (TPSA) is 54.9 Å². The van der Waals surface area contributed by atoms with Crippen molar-refractivity contribution in [3.05, 3.63) is 48.0 Å². The Kier molecular flexibility index (Phi) is 6.62. The lowest BCUT2D eigenvalue weighted by Crippen LogP contribution is -2.48. The fourth-order valence-electron chi connectivity index (χ4n) is 3.11. The fourth-order valence-corrected chi connectivity index (χ4v) is 4.18. The molecule has 4 rings (SSSR count). The Balaban J connectivity index is 0.00000240. The highest BCUT2D eigenvalue weighted by Crippen LogP contribution is 2.34. The number of aromatic nitrogens is 1. The van der Waals surface area contributed by atoms with Crippen LogP contribution in [0, 0.1) is 6.92 Å².